The number of hydrogen-bond acceptors (Lipinski definition) is 1. The third-order valence-electron chi connectivity index (χ3n) is 0.582. The average Bonchev–Trinajstić information content (AvgIpc) is 1.85. The van der Waals surface area contributed by atoms with E-state index in [4.69, 9.17) is 2.74 Å². The number of allylic oxidation sites excluding steroid dienone is 1. The molecule has 0 saturated carbocycles. The highest BCUT2D eigenvalue weighted by Crippen LogP contribution is 2.24. The first kappa shape index (κ1) is 5.82. The summed E-state index contributed by atoms with van der Waals surface area (Å²) in [5.74, 6) is -1.58. The first-order valence-corrected chi connectivity index (χ1v) is 2.28. The fourth-order valence-electron chi connectivity index (χ4n) is 0.171. The zero-order chi connectivity index (χ0) is 9.99. The van der Waals surface area contributed by atoms with Gasteiger partial charge in [0.15, 0.2) is 5.76 Å². The van der Waals surface area contributed by atoms with Gasteiger partial charge in [0.05, 0.1) is 2.74 Å². The molecule has 0 aromatic carbocycles. The van der Waals surface area contributed by atoms with Gasteiger partial charge in [-0.25, -0.2) is 0 Å². The molecule has 0 fully saturated rings. The fourth-order valence-corrected chi connectivity index (χ4v) is 0.171. The van der Waals surface area contributed by atoms with E-state index < -0.39 is 18.5 Å². The molecule has 0 radical (unpaired) electrons. The lowest BCUT2D eigenvalue weighted by Crippen LogP contribution is -2.13. The Morgan fingerprint density at radius 3 is 2.50 bits per heavy atom. The molecule has 0 aromatic rings. The van der Waals surface area contributed by atoms with E-state index in [9.17, 15) is 13.2 Å². The molecule has 0 unspecified atom stereocenters. The predicted octanol–water partition coefficient (Wildman–Crippen LogP) is 2.27. The molecule has 0 amide bonds. The van der Waals surface area contributed by atoms with E-state index in [2.05, 4.69) is 17.9 Å². The summed E-state index contributed by atoms with van der Waals surface area (Å²) in [7, 11) is 0. The molecule has 0 saturated heterocycles. The minimum atomic E-state index is -4.74. The molecule has 1 nitrogen and oxygen atoms in total. The Balaban J connectivity index is 4.29. The molecule has 0 aliphatic carbocycles. The van der Waals surface area contributed by atoms with Crippen LogP contribution < -0.4 is 0 Å². The second kappa shape index (κ2) is 3.29. The van der Waals surface area contributed by atoms with Crippen LogP contribution in [0.25, 0.3) is 0 Å². The summed E-state index contributed by atoms with van der Waals surface area (Å²) in [6, 6.07) is 0. The molecule has 0 rings (SSSR count). The second-order valence-electron chi connectivity index (χ2n) is 1.34. The van der Waals surface area contributed by atoms with Crippen molar-refractivity contribution in [1.29, 1.82) is 0 Å². The van der Waals surface area contributed by atoms with Gasteiger partial charge in [-0.15, -0.1) is 0 Å². The second-order valence-corrected chi connectivity index (χ2v) is 1.34. The van der Waals surface area contributed by atoms with Gasteiger partial charge in [0.2, 0.25) is 0 Å². The summed E-state index contributed by atoms with van der Waals surface area (Å²) in [5.41, 5.74) is 0. The highest BCUT2D eigenvalue weighted by atomic mass is 19.4. The lowest BCUT2D eigenvalue weighted by molar-refractivity contribution is -0.128. The zero-order valence-electron chi connectivity index (χ0n) is 7.03. The van der Waals surface area contributed by atoms with Gasteiger partial charge in [-0.1, -0.05) is 19.2 Å². The van der Waals surface area contributed by atoms with Crippen molar-refractivity contribution in [3.8, 4) is 0 Å². The Morgan fingerprint density at radius 2 is 2.20 bits per heavy atom. The fraction of sp³-hybridized carbons (Fsp3) is 0.333. The summed E-state index contributed by atoms with van der Waals surface area (Å²) < 4.78 is 52.4. The predicted molar refractivity (Wildman–Crippen MR) is 31.3 cm³/mol. The van der Waals surface area contributed by atoms with Crippen molar-refractivity contribution in [2.24, 2.45) is 0 Å². The van der Waals surface area contributed by atoms with Gasteiger partial charge >= 0.3 is 6.18 Å². The molecule has 0 aliphatic heterocycles. The molecule has 0 N–H and O–H groups in total. The number of alkyl halides is 3. The maximum atomic E-state index is 11.7. The molecule has 0 spiro atoms. The van der Waals surface area contributed by atoms with Crippen molar-refractivity contribution < 1.29 is 20.6 Å². The van der Waals surface area contributed by atoms with Crippen molar-refractivity contribution in [2.75, 3.05) is 6.56 Å². The summed E-state index contributed by atoms with van der Waals surface area (Å²) in [6.45, 7) is 2.95. The quantitative estimate of drug-likeness (QED) is 0.447. The molecular weight excluding hydrogens is 145 g/mol. The minimum absolute atomic E-state index is 0.615. The highest BCUT2D eigenvalue weighted by molar-refractivity contribution is 4.92. The van der Waals surface area contributed by atoms with Crippen LogP contribution in [0.5, 0.6) is 0 Å². The Kier molecular flexibility index (Phi) is 1.92. The summed E-state index contributed by atoms with van der Waals surface area (Å²) in [5, 5.41) is 0. The van der Waals surface area contributed by atoms with Crippen molar-refractivity contribution in [3.63, 3.8) is 0 Å². The van der Waals surface area contributed by atoms with Gasteiger partial charge in [-0.3, -0.25) is 0 Å². The molecule has 0 bridgehead atoms. The van der Waals surface area contributed by atoms with Crippen LogP contribution in [-0.4, -0.2) is 12.7 Å². The molecule has 0 atom stereocenters. The zero-order valence-corrected chi connectivity index (χ0v) is 5.03. The molecule has 4 heteroatoms. The van der Waals surface area contributed by atoms with Crippen LogP contribution in [0.1, 0.15) is 2.74 Å². The van der Waals surface area contributed by atoms with Crippen molar-refractivity contribution in [2.45, 2.75) is 6.18 Å². The maximum Gasteiger partial charge on any atom is 0.448 e. The first-order chi connectivity index (χ1) is 5.19. The van der Waals surface area contributed by atoms with E-state index in [0.29, 0.717) is 6.08 Å². The maximum absolute atomic E-state index is 11.7. The van der Waals surface area contributed by atoms with Crippen molar-refractivity contribution >= 4 is 0 Å². The molecule has 0 aromatic heterocycles. The average molecular weight is 154 g/mol. The number of hydrogen-bond donors (Lipinski definition) is 0. The van der Waals surface area contributed by atoms with Gasteiger partial charge in [0.1, 0.15) is 6.56 Å². The van der Waals surface area contributed by atoms with Gasteiger partial charge < -0.3 is 4.74 Å². The Hall–Kier alpha value is -0.930. The molecule has 10 heavy (non-hydrogen) atoms. The monoisotopic (exact) mass is 154 g/mol. The number of halogens is 3. The van der Waals surface area contributed by atoms with E-state index >= 15 is 0 Å². The summed E-state index contributed by atoms with van der Waals surface area (Å²) in [4.78, 5) is 0. The SMILES string of the molecule is [2H]C([2H])(C=C)OC(=C)C(F)(F)F. The van der Waals surface area contributed by atoms with Gasteiger partial charge in [0.25, 0.3) is 0 Å². The first-order valence-electron chi connectivity index (χ1n) is 3.28. The highest BCUT2D eigenvalue weighted by Gasteiger charge is 2.33. The summed E-state index contributed by atoms with van der Waals surface area (Å²) >= 11 is 0. The van der Waals surface area contributed by atoms with E-state index in [-0.39, 0.29) is 0 Å². The lowest BCUT2D eigenvalue weighted by atomic mass is 10.5. The molecule has 0 aliphatic rings. The minimum Gasteiger partial charge on any atom is -0.485 e. The van der Waals surface area contributed by atoms with Gasteiger partial charge in [0, 0.05) is 0 Å². The topological polar surface area (TPSA) is 9.23 Å². The Bertz CT molecular complexity index is 197. The molecular formula is C6H7F3O. The van der Waals surface area contributed by atoms with Gasteiger partial charge in [-0.2, -0.15) is 13.2 Å². The summed E-state index contributed by atoms with van der Waals surface area (Å²) in [6.07, 6.45) is -4.12. The van der Waals surface area contributed by atoms with E-state index in [0.717, 1.165) is 0 Å². The van der Waals surface area contributed by atoms with Crippen LogP contribution in [0.4, 0.5) is 13.2 Å². The van der Waals surface area contributed by atoms with E-state index in [1.54, 1.807) is 0 Å². The Labute approximate surface area is 59.6 Å². The van der Waals surface area contributed by atoms with Crippen LogP contribution in [0, 0.1) is 0 Å². The smallest absolute Gasteiger partial charge is 0.448 e. The van der Waals surface area contributed by atoms with Crippen LogP contribution in [0.2, 0.25) is 0 Å². The third kappa shape index (κ3) is 3.17. The van der Waals surface area contributed by atoms with Crippen LogP contribution >= 0.6 is 0 Å². The normalized spacial score (nSPS) is 15.1. The third-order valence-corrected chi connectivity index (χ3v) is 0.582. The van der Waals surface area contributed by atoms with Crippen molar-refractivity contribution in [1.82, 2.24) is 0 Å². The van der Waals surface area contributed by atoms with E-state index in [1.807, 2.05) is 0 Å². The Morgan fingerprint density at radius 1 is 1.70 bits per heavy atom. The van der Waals surface area contributed by atoms with Crippen LogP contribution in [0.15, 0.2) is 25.0 Å². The lowest BCUT2D eigenvalue weighted by Gasteiger charge is -2.09. The number of ether oxygens (including phenoxy) is 1. The van der Waals surface area contributed by atoms with E-state index in [1.165, 1.54) is 0 Å². The van der Waals surface area contributed by atoms with Gasteiger partial charge in [-0.05, 0) is 0 Å². The number of rotatable bonds is 3. The van der Waals surface area contributed by atoms with Crippen LogP contribution in [-0.2, 0) is 4.74 Å². The standard InChI is InChI=1S/C6H7F3O/c1-3-4-10-5(2)6(7,8)9/h3H,1-2,4H2/i4D2. The molecule has 0 heterocycles. The molecule has 58 valence electrons. The van der Waals surface area contributed by atoms with Crippen LogP contribution in [0.3, 0.4) is 0 Å². The van der Waals surface area contributed by atoms with Crippen molar-refractivity contribution in [3.05, 3.63) is 25.0 Å². The largest absolute Gasteiger partial charge is 0.485 e.